The van der Waals surface area contributed by atoms with Gasteiger partial charge < -0.3 is 10.2 Å². The van der Waals surface area contributed by atoms with Crippen molar-refractivity contribution in [3.05, 3.63) is 77.3 Å². The summed E-state index contributed by atoms with van der Waals surface area (Å²) in [6, 6.07) is 17.7. The molecule has 2 aromatic carbocycles. The molecule has 1 N–H and O–H groups in total. The molecule has 0 saturated heterocycles. The van der Waals surface area contributed by atoms with Crippen LogP contribution in [0.4, 0.5) is 5.69 Å². The molecule has 3 heteroatoms. The quantitative estimate of drug-likeness (QED) is 0.302. The van der Waals surface area contributed by atoms with E-state index in [0.717, 1.165) is 43.1 Å². The number of rotatable bonds is 13. The Morgan fingerprint density at radius 2 is 1.89 bits per heavy atom. The van der Waals surface area contributed by atoms with Crippen molar-refractivity contribution in [1.82, 2.24) is 4.90 Å². The molecule has 152 valence electrons. The van der Waals surface area contributed by atoms with Crippen LogP contribution in [0.2, 0.25) is 5.02 Å². The fourth-order valence-corrected chi connectivity index (χ4v) is 3.72. The molecule has 1 unspecified atom stereocenters. The molecule has 0 aromatic heterocycles. The van der Waals surface area contributed by atoms with Crippen molar-refractivity contribution >= 4 is 17.3 Å². The molecule has 0 radical (unpaired) electrons. The Morgan fingerprint density at radius 1 is 1.11 bits per heavy atom. The molecule has 0 aliphatic carbocycles. The molecule has 1 atom stereocenters. The highest BCUT2D eigenvalue weighted by Crippen LogP contribution is 2.25. The molecule has 2 nitrogen and oxygen atoms in total. The van der Waals surface area contributed by atoms with Crippen LogP contribution in [0.5, 0.6) is 0 Å². The Bertz CT molecular complexity index is 699. The van der Waals surface area contributed by atoms with Crippen LogP contribution < -0.4 is 5.32 Å². The van der Waals surface area contributed by atoms with E-state index >= 15 is 0 Å². The van der Waals surface area contributed by atoms with Crippen LogP contribution in [0.3, 0.4) is 0 Å². The molecule has 28 heavy (non-hydrogen) atoms. The van der Waals surface area contributed by atoms with Crippen molar-refractivity contribution in [3.63, 3.8) is 0 Å². The predicted molar refractivity (Wildman–Crippen MR) is 125 cm³/mol. The summed E-state index contributed by atoms with van der Waals surface area (Å²) in [7, 11) is 2.28. The highest BCUT2D eigenvalue weighted by molar-refractivity contribution is 6.33. The number of hydrogen-bond donors (Lipinski definition) is 1. The Kier molecular flexibility index (Phi) is 10.2. The highest BCUT2D eigenvalue weighted by Gasteiger charge is 2.16. The van der Waals surface area contributed by atoms with Crippen molar-refractivity contribution in [3.8, 4) is 0 Å². The number of nitrogens with one attached hydrogen (secondary N) is 1. The van der Waals surface area contributed by atoms with Crippen molar-refractivity contribution in [2.75, 3.05) is 25.5 Å². The minimum Gasteiger partial charge on any atom is -0.380 e. The third kappa shape index (κ3) is 7.69. The van der Waals surface area contributed by atoms with Gasteiger partial charge in [-0.25, -0.2) is 0 Å². The first-order chi connectivity index (χ1) is 13.6. The molecule has 0 fully saturated rings. The van der Waals surface area contributed by atoms with E-state index in [0.29, 0.717) is 6.04 Å². The minimum atomic E-state index is 0.519. The fraction of sp³-hybridized carbons (Fsp3) is 0.440. The highest BCUT2D eigenvalue weighted by atomic mass is 35.5. The van der Waals surface area contributed by atoms with Crippen LogP contribution in [0.1, 0.15) is 43.7 Å². The summed E-state index contributed by atoms with van der Waals surface area (Å²) in [4.78, 5) is 2.55. The largest absolute Gasteiger partial charge is 0.380 e. The second kappa shape index (κ2) is 12.6. The van der Waals surface area contributed by atoms with Gasteiger partial charge in [0.25, 0.3) is 0 Å². The lowest BCUT2D eigenvalue weighted by Crippen LogP contribution is -2.35. The maximum Gasteiger partial charge on any atom is 0.0637 e. The van der Waals surface area contributed by atoms with Gasteiger partial charge >= 0.3 is 0 Å². The van der Waals surface area contributed by atoms with Gasteiger partial charge in [-0.1, -0.05) is 73.8 Å². The van der Waals surface area contributed by atoms with Gasteiger partial charge in [0.15, 0.2) is 0 Å². The number of anilines is 1. The SMILES string of the molecule is C=CCNc1cc(CC(CCc2ccccc2)N(C)CCCCC)ccc1Cl. The van der Waals surface area contributed by atoms with Crippen molar-refractivity contribution in [1.29, 1.82) is 0 Å². The van der Waals surface area contributed by atoms with E-state index in [4.69, 9.17) is 11.6 Å². The number of hydrogen-bond acceptors (Lipinski definition) is 2. The number of halogens is 1. The minimum absolute atomic E-state index is 0.519. The van der Waals surface area contributed by atoms with E-state index in [1.165, 1.54) is 30.4 Å². The third-order valence-corrected chi connectivity index (χ3v) is 5.62. The maximum absolute atomic E-state index is 6.35. The van der Waals surface area contributed by atoms with Crippen molar-refractivity contribution in [2.45, 2.75) is 51.5 Å². The van der Waals surface area contributed by atoms with Crippen LogP contribution in [-0.4, -0.2) is 31.1 Å². The van der Waals surface area contributed by atoms with Gasteiger partial charge in [-0.2, -0.15) is 0 Å². The van der Waals surface area contributed by atoms with Crippen LogP contribution in [0, 0.1) is 0 Å². The zero-order valence-corrected chi connectivity index (χ0v) is 18.2. The smallest absolute Gasteiger partial charge is 0.0637 e. The summed E-state index contributed by atoms with van der Waals surface area (Å²) in [5, 5.41) is 4.11. The summed E-state index contributed by atoms with van der Waals surface area (Å²) in [5.41, 5.74) is 3.74. The van der Waals surface area contributed by atoms with Crippen LogP contribution >= 0.6 is 11.6 Å². The molecular weight excluding hydrogens is 364 g/mol. The van der Waals surface area contributed by atoms with Crippen LogP contribution in [-0.2, 0) is 12.8 Å². The Hall–Kier alpha value is -1.77. The van der Waals surface area contributed by atoms with E-state index in [2.05, 4.69) is 73.2 Å². The number of likely N-dealkylation sites (N-methyl/N-ethyl adjacent to an activating group) is 1. The van der Waals surface area contributed by atoms with E-state index in [9.17, 15) is 0 Å². The molecule has 0 aliphatic heterocycles. The average Bonchev–Trinajstić information content (AvgIpc) is 2.72. The van der Waals surface area contributed by atoms with Crippen LogP contribution in [0.25, 0.3) is 0 Å². The average molecular weight is 399 g/mol. The summed E-state index contributed by atoms with van der Waals surface area (Å²) >= 11 is 6.35. The van der Waals surface area contributed by atoms with E-state index in [1.807, 2.05) is 12.1 Å². The summed E-state index contributed by atoms with van der Waals surface area (Å²) in [6.45, 7) is 7.91. The molecule has 0 aliphatic rings. The van der Waals surface area contributed by atoms with Gasteiger partial charge in [0.05, 0.1) is 10.7 Å². The zero-order valence-electron chi connectivity index (χ0n) is 17.5. The summed E-state index contributed by atoms with van der Waals surface area (Å²) in [6.07, 6.45) is 8.98. The number of aryl methyl sites for hydroxylation is 1. The fourth-order valence-electron chi connectivity index (χ4n) is 3.54. The Labute approximate surface area is 176 Å². The lowest BCUT2D eigenvalue weighted by molar-refractivity contribution is 0.224. The second-order valence-electron chi connectivity index (χ2n) is 7.55. The molecule has 2 aromatic rings. The molecule has 0 heterocycles. The molecule has 0 spiro atoms. The van der Waals surface area contributed by atoms with E-state index in [-0.39, 0.29) is 0 Å². The summed E-state index contributed by atoms with van der Waals surface area (Å²) < 4.78 is 0. The van der Waals surface area contributed by atoms with Gasteiger partial charge in [0.2, 0.25) is 0 Å². The van der Waals surface area contributed by atoms with Gasteiger partial charge in [-0.3, -0.25) is 0 Å². The third-order valence-electron chi connectivity index (χ3n) is 5.29. The molecule has 2 rings (SSSR count). The first-order valence-corrected chi connectivity index (χ1v) is 10.9. The number of nitrogens with zero attached hydrogens (tertiary/aromatic N) is 1. The predicted octanol–water partition coefficient (Wildman–Crippen LogP) is 6.60. The van der Waals surface area contributed by atoms with Gasteiger partial charge in [-0.05, 0) is 62.5 Å². The lowest BCUT2D eigenvalue weighted by atomic mass is 9.97. The zero-order chi connectivity index (χ0) is 20.2. The molecule has 0 saturated carbocycles. The molecule has 0 amide bonds. The first-order valence-electron chi connectivity index (χ1n) is 10.5. The standard InChI is InChI=1S/C25H35ClN2/c1-4-6-10-18-28(3)23(15-13-21-11-8-7-9-12-21)19-22-14-16-24(26)25(20-22)27-17-5-2/h5,7-9,11-12,14,16,20,23,27H,2,4,6,10,13,15,17-19H2,1,3H3. The van der Waals surface area contributed by atoms with E-state index in [1.54, 1.807) is 0 Å². The second-order valence-corrected chi connectivity index (χ2v) is 7.96. The maximum atomic E-state index is 6.35. The Morgan fingerprint density at radius 3 is 2.61 bits per heavy atom. The van der Waals surface area contributed by atoms with Crippen molar-refractivity contribution < 1.29 is 0 Å². The first kappa shape index (κ1) is 22.5. The number of unbranched alkanes of at least 4 members (excludes halogenated alkanes) is 2. The molecule has 0 bridgehead atoms. The monoisotopic (exact) mass is 398 g/mol. The normalized spacial score (nSPS) is 12.1. The molecular formula is C25H35ClN2. The van der Waals surface area contributed by atoms with Gasteiger partial charge in [0.1, 0.15) is 0 Å². The van der Waals surface area contributed by atoms with Gasteiger partial charge in [0, 0.05) is 12.6 Å². The van der Waals surface area contributed by atoms with Gasteiger partial charge in [-0.15, -0.1) is 6.58 Å². The number of benzene rings is 2. The topological polar surface area (TPSA) is 15.3 Å². The van der Waals surface area contributed by atoms with Crippen LogP contribution in [0.15, 0.2) is 61.2 Å². The summed E-state index contributed by atoms with van der Waals surface area (Å²) in [5.74, 6) is 0. The lowest BCUT2D eigenvalue weighted by Gasteiger charge is -2.29. The van der Waals surface area contributed by atoms with Crippen molar-refractivity contribution in [2.24, 2.45) is 0 Å². The van der Waals surface area contributed by atoms with E-state index < -0.39 is 0 Å². The Balaban J connectivity index is 2.07.